The highest BCUT2D eigenvalue weighted by Crippen LogP contribution is 2.24. The number of anilines is 1. The van der Waals surface area contributed by atoms with Crippen LogP contribution in [-0.2, 0) is 14.3 Å². The van der Waals surface area contributed by atoms with Crippen LogP contribution < -0.4 is 10.2 Å². The Bertz CT molecular complexity index is 985. The van der Waals surface area contributed by atoms with Crippen LogP contribution in [0.3, 0.4) is 0 Å². The highest BCUT2D eigenvalue weighted by atomic mass is 35.5. The topological polar surface area (TPSA) is 75.7 Å². The zero-order chi connectivity index (χ0) is 19.6. The van der Waals surface area contributed by atoms with E-state index in [2.05, 4.69) is 10.1 Å². The zero-order valence-electron chi connectivity index (χ0n) is 14.1. The number of esters is 1. The summed E-state index contributed by atoms with van der Waals surface area (Å²) in [6, 6.07) is 12.9. The number of benzene rings is 2. The predicted octanol–water partition coefficient (Wildman–Crippen LogP) is 2.96. The lowest BCUT2D eigenvalue weighted by Gasteiger charge is -2.29. The van der Waals surface area contributed by atoms with Crippen molar-refractivity contribution < 1.29 is 19.1 Å². The minimum atomic E-state index is -0.597. The Morgan fingerprint density at radius 1 is 1.19 bits per heavy atom. The van der Waals surface area contributed by atoms with E-state index in [0.29, 0.717) is 21.8 Å². The molecule has 1 heterocycles. The van der Waals surface area contributed by atoms with Gasteiger partial charge >= 0.3 is 5.97 Å². The molecule has 1 aliphatic rings. The molecule has 0 bridgehead atoms. The summed E-state index contributed by atoms with van der Waals surface area (Å²) in [4.78, 5) is 37.8. The van der Waals surface area contributed by atoms with Crippen molar-refractivity contribution in [3.63, 3.8) is 0 Å². The van der Waals surface area contributed by atoms with Crippen molar-refractivity contribution in [2.45, 2.75) is 0 Å². The molecule has 6 nitrogen and oxygen atoms in total. The summed E-state index contributed by atoms with van der Waals surface area (Å²) in [6.45, 7) is 0. The highest BCUT2D eigenvalue weighted by Gasteiger charge is 2.34. The van der Waals surface area contributed by atoms with Crippen LogP contribution in [0.15, 0.2) is 54.1 Å². The van der Waals surface area contributed by atoms with Crippen molar-refractivity contribution in [1.82, 2.24) is 5.32 Å². The van der Waals surface area contributed by atoms with Crippen molar-refractivity contribution in [1.29, 1.82) is 0 Å². The molecule has 0 spiro atoms. The third kappa shape index (κ3) is 3.89. The largest absolute Gasteiger partial charge is 0.465 e. The quantitative estimate of drug-likeness (QED) is 0.371. The van der Waals surface area contributed by atoms with Gasteiger partial charge in [0.15, 0.2) is 5.11 Å². The van der Waals surface area contributed by atoms with Crippen molar-refractivity contribution in [3.05, 3.63) is 70.3 Å². The zero-order valence-corrected chi connectivity index (χ0v) is 15.6. The van der Waals surface area contributed by atoms with Gasteiger partial charge in [0.2, 0.25) is 0 Å². The fourth-order valence-corrected chi connectivity index (χ4v) is 2.97. The molecule has 2 amide bonds. The van der Waals surface area contributed by atoms with E-state index in [4.69, 9.17) is 23.8 Å². The molecular formula is C19H13ClN2O4S. The molecule has 2 aromatic carbocycles. The van der Waals surface area contributed by atoms with E-state index in [-0.39, 0.29) is 10.7 Å². The van der Waals surface area contributed by atoms with Gasteiger partial charge in [0.25, 0.3) is 11.8 Å². The number of ether oxygens (including phenoxy) is 1. The number of halogens is 1. The number of hydrogen-bond donors (Lipinski definition) is 1. The molecule has 27 heavy (non-hydrogen) atoms. The molecular weight excluding hydrogens is 388 g/mol. The van der Waals surface area contributed by atoms with Crippen LogP contribution in [0.25, 0.3) is 6.08 Å². The summed E-state index contributed by atoms with van der Waals surface area (Å²) in [5, 5.41) is 2.91. The minimum Gasteiger partial charge on any atom is -0.465 e. The molecule has 0 unspecified atom stereocenters. The van der Waals surface area contributed by atoms with Gasteiger partial charge in [-0.25, -0.2) is 4.79 Å². The normalized spacial score (nSPS) is 15.7. The number of amides is 2. The smallest absolute Gasteiger partial charge is 0.337 e. The van der Waals surface area contributed by atoms with Crippen LogP contribution in [0.4, 0.5) is 5.69 Å². The van der Waals surface area contributed by atoms with Crippen LogP contribution in [0.1, 0.15) is 15.9 Å². The maximum absolute atomic E-state index is 12.9. The van der Waals surface area contributed by atoms with E-state index in [1.807, 2.05) is 0 Å². The maximum Gasteiger partial charge on any atom is 0.337 e. The summed E-state index contributed by atoms with van der Waals surface area (Å²) in [5.41, 5.74) is 1.29. The molecule has 8 heteroatoms. The third-order valence-corrected chi connectivity index (χ3v) is 4.33. The lowest BCUT2D eigenvalue weighted by molar-refractivity contribution is -0.122. The van der Waals surface area contributed by atoms with Gasteiger partial charge in [0, 0.05) is 5.02 Å². The van der Waals surface area contributed by atoms with Gasteiger partial charge in [0.1, 0.15) is 5.57 Å². The Hall–Kier alpha value is -3.03. The molecule has 1 N–H and O–H groups in total. The van der Waals surface area contributed by atoms with Gasteiger partial charge < -0.3 is 4.74 Å². The molecule has 1 saturated heterocycles. The second-order valence-corrected chi connectivity index (χ2v) is 6.37. The molecule has 0 aromatic heterocycles. The SMILES string of the molecule is COC(=O)c1ccc(/C=C2\C(=O)NC(=S)N(c3cccc(Cl)c3)C2=O)cc1. The van der Waals surface area contributed by atoms with E-state index in [1.165, 1.54) is 18.1 Å². The average molecular weight is 401 g/mol. The first-order valence-electron chi connectivity index (χ1n) is 7.76. The van der Waals surface area contributed by atoms with Gasteiger partial charge in [0.05, 0.1) is 18.4 Å². The van der Waals surface area contributed by atoms with Crippen molar-refractivity contribution in [2.24, 2.45) is 0 Å². The Morgan fingerprint density at radius 3 is 2.52 bits per heavy atom. The van der Waals surface area contributed by atoms with Gasteiger partial charge in [-0.15, -0.1) is 0 Å². The van der Waals surface area contributed by atoms with Gasteiger partial charge in [-0.1, -0.05) is 29.8 Å². The fraction of sp³-hybridized carbons (Fsp3) is 0.0526. The Balaban J connectivity index is 1.95. The Kier molecular flexibility index (Phi) is 5.34. The van der Waals surface area contributed by atoms with Gasteiger partial charge in [-0.3, -0.25) is 19.8 Å². The summed E-state index contributed by atoms with van der Waals surface area (Å²) in [7, 11) is 1.29. The number of carbonyl (C=O) groups is 3. The van der Waals surface area contributed by atoms with E-state index in [9.17, 15) is 14.4 Å². The molecule has 0 radical (unpaired) electrons. The lowest BCUT2D eigenvalue weighted by atomic mass is 10.1. The van der Waals surface area contributed by atoms with E-state index < -0.39 is 17.8 Å². The van der Waals surface area contributed by atoms with E-state index in [1.54, 1.807) is 48.5 Å². The molecule has 0 aliphatic carbocycles. The summed E-state index contributed by atoms with van der Waals surface area (Å²) < 4.78 is 4.64. The Labute approximate surface area is 165 Å². The predicted molar refractivity (Wildman–Crippen MR) is 105 cm³/mol. The summed E-state index contributed by atoms with van der Waals surface area (Å²) >= 11 is 11.1. The van der Waals surface area contributed by atoms with Crippen LogP contribution in [0.2, 0.25) is 5.02 Å². The number of nitrogens with zero attached hydrogens (tertiary/aromatic N) is 1. The van der Waals surface area contributed by atoms with E-state index in [0.717, 1.165) is 0 Å². The van der Waals surface area contributed by atoms with Crippen LogP contribution >= 0.6 is 23.8 Å². The van der Waals surface area contributed by atoms with Crippen molar-refractivity contribution >= 4 is 58.5 Å². The molecule has 0 saturated carbocycles. The second-order valence-electron chi connectivity index (χ2n) is 5.55. The number of methoxy groups -OCH3 is 1. The monoisotopic (exact) mass is 400 g/mol. The van der Waals surface area contributed by atoms with Crippen molar-refractivity contribution in [3.8, 4) is 0 Å². The fourth-order valence-electron chi connectivity index (χ4n) is 2.51. The second kappa shape index (κ2) is 7.69. The van der Waals surface area contributed by atoms with Gasteiger partial charge in [-0.2, -0.15) is 0 Å². The summed E-state index contributed by atoms with van der Waals surface area (Å²) in [6.07, 6.45) is 1.43. The first kappa shape index (κ1) is 18.8. The number of thiocarbonyl (C=S) groups is 1. The molecule has 1 aliphatic heterocycles. The molecule has 3 rings (SSSR count). The van der Waals surface area contributed by atoms with Crippen LogP contribution in [0, 0.1) is 0 Å². The number of hydrogen-bond acceptors (Lipinski definition) is 5. The Morgan fingerprint density at radius 2 is 1.89 bits per heavy atom. The number of rotatable bonds is 3. The van der Waals surface area contributed by atoms with Crippen LogP contribution in [0.5, 0.6) is 0 Å². The highest BCUT2D eigenvalue weighted by molar-refractivity contribution is 7.80. The first-order valence-corrected chi connectivity index (χ1v) is 8.54. The molecule has 2 aromatic rings. The van der Waals surface area contributed by atoms with Crippen molar-refractivity contribution in [2.75, 3.05) is 12.0 Å². The molecule has 1 fully saturated rings. The van der Waals surface area contributed by atoms with Crippen LogP contribution in [-0.4, -0.2) is 30.0 Å². The molecule has 0 atom stereocenters. The molecule has 136 valence electrons. The number of carbonyl (C=O) groups excluding carboxylic acids is 3. The van der Waals surface area contributed by atoms with Gasteiger partial charge in [-0.05, 0) is 54.2 Å². The number of nitrogens with one attached hydrogen (secondary N) is 1. The van der Waals surface area contributed by atoms with E-state index >= 15 is 0 Å². The maximum atomic E-state index is 12.9. The lowest BCUT2D eigenvalue weighted by Crippen LogP contribution is -2.54. The summed E-state index contributed by atoms with van der Waals surface area (Å²) in [5.74, 6) is -1.64. The standard InChI is InChI=1S/C19H13ClN2O4S/c1-26-18(25)12-7-5-11(6-8-12)9-15-16(23)21-19(27)22(17(15)24)14-4-2-3-13(20)10-14/h2-10H,1H3,(H,21,23,27)/b15-9+. The minimum absolute atomic E-state index is 0.0227. The average Bonchev–Trinajstić information content (AvgIpc) is 2.65. The third-order valence-electron chi connectivity index (χ3n) is 3.81. The first-order chi connectivity index (χ1) is 12.9.